The summed E-state index contributed by atoms with van der Waals surface area (Å²) in [6.07, 6.45) is 4.81. The van der Waals surface area contributed by atoms with E-state index in [1.165, 1.54) is 7.11 Å². The quantitative estimate of drug-likeness (QED) is 0.639. The summed E-state index contributed by atoms with van der Waals surface area (Å²) in [4.78, 5) is 1.67. The number of anilines is 1. The number of methoxy groups -OCH3 is 1. The van der Waals surface area contributed by atoms with Crippen LogP contribution >= 0.6 is 0 Å². The maximum Gasteiger partial charge on any atom is 0.244 e. The smallest absolute Gasteiger partial charge is 0.244 e. The van der Waals surface area contributed by atoms with Crippen molar-refractivity contribution >= 4 is 15.7 Å². The Bertz CT molecular complexity index is 745. The fourth-order valence-corrected chi connectivity index (χ4v) is 4.35. The first-order chi connectivity index (χ1) is 12.4. The van der Waals surface area contributed by atoms with Gasteiger partial charge in [0.1, 0.15) is 10.6 Å². The maximum atomic E-state index is 12.8. The summed E-state index contributed by atoms with van der Waals surface area (Å²) in [5.74, 6) is 0.927. The molecular weight excluding hydrogens is 352 g/mol. The number of hydrogen-bond donors (Lipinski definition) is 2. The number of nitrogens with one attached hydrogen (secondary N) is 2. The number of nitrogens with zero attached hydrogens (tertiary/aromatic N) is 2. The van der Waals surface area contributed by atoms with Gasteiger partial charge >= 0.3 is 0 Å². The molecule has 144 valence electrons. The van der Waals surface area contributed by atoms with Crippen LogP contribution in [0.2, 0.25) is 0 Å². The van der Waals surface area contributed by atoms with Gasteiger partial charge in [-0.05, 0) is 37.0 Å². The van der Waals surface area contributed by atoms with Crippen LogP contribution in [0.25, 0.3) is 0 Å². The lowest BCUT2D eigenvalue weighted by Crippen LogP contribution is -2.36. The average Bonchev–Trinajstić information content (AvgIpc) is 3.08. The molecule has 1 aromatic carbocycles. The molecule has 1 heterocycles. The fraction of sp³-hybridized carbons (Fsp3) is 0.611. The van der Waals surface area contributed by atoms with Crippen molar-refractivity contribution in [2.75, 3.05) is 32.1 Å². The Morgan fingerprint density at radius 3 is 2.85 bits per heavy atom. The largest absolute Gasteiger partial charge is 0.495 e. The Morgan fingerprint density at radius 2 is 2.23 bits per heavy atom. The second-order valence-corrected chi connectivity index (χ2v) is 8.43. The molecule has 0 radical (unpaired) electrons. The van der Waals surface area contributed by atoms with Crippen LogP contribution in [-0.2, 0) is 10.0 Å². The SMILES string of the molecule is CCC(C)CCNc1ccc(OC)c(S(=O)(=O)N[C@@H]2CCN(C#N)C2)c1. The number of sulfonamides is 1. The predicted octanol–water partition coefficient (Wildman–Crippen LogP) is 2.38. The van der Waals surface area contributed by atoms with Crippen LogP contribution in [0.3, 0.4) is 0 Å². The molecule has 2 rings (SSSR count). The van der Waals surface area contributed by atoms with E-state index in [0.717, 1.165) is 25.1 Å². The van der Waals surface area contributed by atoms with Gasteiger partial charge in [-0.3, -0.25) is 0 Å². The minimum Gasteiger partial charge on any atom is -0.495 e. The van der Waals surface area contributed by atoms with Crippen molar-refractivity contribution in [1.29, 1.82) is 5.26 Å². The number of hydrogen-bond acceptors (Lipinski definition) is 6. The van der Waals surface area contributed by atoms with E-state index < -0.39 is 10.0 Å². The highest BCUT2D eigenvalue weighted by Crippen LogP contribution is 2.28. The fourth-order valence-electron chi connectivity index (χ4n) is 2.89. The van der Waals surface area contributed by atoms with Gasteiger partial charge in [-0.1, -0.05) is 20.3 Å². The minimum absolute atomic E-state index is 0.115. The molecule has 0 amide bonds. The van der Waals surface area contributed by atoms with Gasteiger partial charge in [0, 0.05) is 31.4 Å². The Labute approximate surface area is 156 Å². The van der Waals surface area contributed by atoms with E-state index in [0.29, 0.717) is 31.2 Å². The zero-order chi connectivity index (χ0) is 19.2. The van der Waals surface area contributed by atoms with Crippen LogP contribution in [0, 0.1) is 17.4 Å². The van der Waals surface area contributed by atoms with Crippen LogP contribution in [0.15, 0.2) is 23.1 Å². The van der Waals surface area contributed by atoms with Crippen LogP contribution in [0.5, 0.6) is 5.75 Å². The van der Waals surface area contributed by atoms with Crippen molar-refractivity contribution in [2.45, 2.75) is 44.0 Å². The van der Waals surface area contributed by atoms with Crippen molar-refractivity contribution in [3.8, 4) is 11.9 Å². The molecule has 26 heavy (non-hydrogen) atoms. The highest BCUT2D eigenvalue weighted by atomic mass is 32.2. The highest BCUT2D eigenvalue weighted by molar-refractivity contribution is 7.89. The lowest BCUT2D eigenvalue weighted by molar-refractivity contribution is 0.402. The molecule has 1 saturated heterocycles. The average molecular weight is 381 g/mol. The van der Waals surface area contributed by atoms with Crippen molar-refractivity contribution in [2.24, 2.45) is 5.92 Å². The second-order valence-electron chi connectivity index (χ2n) is 6.75. The molecule has 0 aliphatic carbocycles. The first kappa shape index (κ1) is 20.3. The third-order valence-electron chi connectivity index (χ3n) is 4.77. The Hall–Kier alpha value is -1.98. The molecule has 1 fully saturated rings. The highest BCUT2D eigenvalue weighted by Gasteiger charge is 2.28. The van der Waals surface area contributed by atoms with E-state index in [1.807, 2.05) is 6.07 Å². The second kappa shape index (κ2) is 9.10. The first-order valence-corrected chi connectivity index (χ1v) is 10.5. The van der Waals surface area contributed by atoms with Gasteiger partial charge in [0.25, 0.3) is 0 Å². The zero-order valence-corrected chi connectivity index (χ0v) is 16.5. The van der Waals surface area contributed by atoms with Crippen molar-refractivity contribution in [3.63, 3.8) is 0 Å². The molecule has 0 spiro atoms. The number of nitriles is 1. The Kier molecular flexibility index (Phi) is 7.12. The molecule has 2 N–H and O–H groups in total. The van der Waals surface area contributed by atoms with Gasteiger partial charge < -0.3 is 15.0 Å². The zero-order valence-electron chi connectivity index (χ0n) is 15.7. The summed E-state index contributed by atoms with van der Waals surface area (Å²) < 4.78 is 33.6. The van der Waals surface area contributed by atoms with Crippen molar-refractivity contribution in [1.82, 2.24) is 9.62 Å². The van der Waals surface area contributed by atoms with Crippen molar-refractivity contribution in [3.05, 3.63) is 18.2 Å². The molecule has 1 aliphatic heterocycles. The maximum absolute atomic E-state index is 12.8. The van der Waals surface area contributed by atoms with Gasteiger partial charge in [0.05, 0.1) is 7.11 Å². The number of rotatable bonds is 9. The van der Waals surface area contributed by atoms with E-state index in [4.69, 9.17) is 10.00 Å². The molecule has 1 unspecified atom stereocenters. The summed E-state index contributed by atoms with van der Waals surface area (Å²) in [5, 5.41) is 12.2. The number of likely N-dealkylation sites (tertiary alicyclic amines) is 1. The molecule has 1 aliphatic rings. The monoisotopic (exact) mass is 380 g/mol. The van der Waals surface area contributed by atoms with Crippen LogP contribution in [0.4, 0.5) is 5.69 Å². The summed E-state index contributed by atoms with van der Waals surface area (Å²) in [5.41, 5.74) is 0.750. The normalized spacial score (nSPS) is 18.4. The number of ether oxygens (including phenoxy) is 1. The Balaban J connectivity index is 2.12. The van der Waals surface area contributed by atoms with E-state index in [1.54, 1.807) is 17.0 Å². The lowest BCUT2D eigenvalue weighted by Gasteiger charge is -2.17. The molecule has 0 bridgehead atoms. The summed E-state index contributed by atoms with van der Waals surface area (Å²) in [7, 11) is -2.28. The van der Waals surface area contributed by atoms with E-state index in [2.05, 4.69) is 30.1 Å². The van der Waals surface area contributed by atoms with Crippen LogP contribution < -0.4 is 14.8 Å². The summed E-state index contributed by atoms with van der Waals surface area (Å²) in [6, 6.07) is 4.82. The molecular formula is C18H28N4O3S. The van der Waals surface area contributed by atoms with E-state index in [-0.39, 0.29) is 10.9 Å². The number of benzene rings is 1. The third-order valence-corrected chi connectivity index (χ3v) is 6.31. The van der Waals surface area contributed by atoms with Gasteiger partial charge in [0.15, 0.2) is 6.19 Å². The van der Waals surface area contributed by atoms with E-state index >= 15 is 0 Å². The topological polar surface area (TPSA) is 94.5 Å². The Morgan fingerprint density at radius 1 is 1.46 bits per heavy atom. The van der Waals surface area contributed by atoms with Crippen LogP contribution in [0.1, 0.15) is 33.1 Å². The molecule has 1 aromatic rings. The molecule has 7 nitrogen and oxygen atoms in total. The van der Waals surface area contributed by atoms with Gasteiger partial charge in [-0.15, -0.1) is 0 Å². The molecule has 8 heteroatoms. The molecule has 0 aromatic heterocycles. The van der Waals surface area contributed by atoms with Gasteiger partial charge in [-0.25, -0.2) is 13.1 Å². The first-order valence-electron chi connectivity index (χ1n) is 8.98. The van der Waals surface area contributed by atoms with Crippen molar-refractivity contribution < 1.29 is 13.2 Å². The molecule has 0 saturated carbocycles. The standard InChI is InChI=1S/C18H28N4O3S/c1-4-14(2)7-9-20-15-5-6-17(25-3)18(11-15)26(23,24)21-16-8-10-22(12-16)13-19/h5-6,11,14,16,20-21H,4,7-10,12H2,1-3H3/t14?,16-/m1/s1. The van der Waals surface area contributed by atoms with Gasteiger partial charge in [0.2, 0.25) is 10.0 Å². The van der Waals surface area contributed by atoms with Crippen LogP contribution in [-0.4, -0.2) is 46.1 Å². The summed E-state index contributed by atoms with van der Waals surface area (Å²) >= 11 is 0. The minimum atomic E-state index is -3.74. The third kappa shape index (κ3) is 5.26. The predicted molar refractivity (Wildman–Crippen MR) is 101 cm³/mol. The van der Waals surface area contributed by atoms with Gasteiger partial charge in [-0.2, -0.15) is 5.26 Å². The van der Waals surface area contributed by atoms with E-state index in [9.17, 15) is 8.42 Å². The summed E-state index contributed by atoms with van der Waals surface area (Å²) in [6.45, 7) is 6.10. The lowest BCUT2D eigenvalue weighted by atomic mass is 10.1. The molecule has 2 atom stereocenters.